The third-order valence-corrected chi connectivity index (χ3v) is 3.47. The predicted octanol–water partition coefficient (Wildman–Crippen LogP) is -2.55. The monoisotopic (exact) mass is 275 g/mol. The van der Waals surface area contributed by atoms with E-state index >= 15 is 0 Å². The van der Waals surface area contributed by atoms with Crippen LogP contribution in [-0.4, -0.2) is 95.7 Å². The van der Waals surface area contributed by atoms with E-state index in [4.69, 9.17) is 0 Å². The molecule has 1 heterocycles. The maximum absolute atomic E-state index is 11.1. The average Bonchev–Trinajstić information content (AvgIpc) is 2.32. The number of hydrogen-bond acceptors (Lipinski definition) is 6. The molecule has 7 heteroatoms. The second kappa shape index (κ2) is 7.16. The van der Waals surface area contributed by atoms with Gasteiger partial charge in [-0.25, -0.2) is 0 Å². The molecular weight excluding hydrogens is 250 g/mol. The Labute approximate surface area is 113 Å². The molecule has 0 aromatic carbocycles. The van der Waals surface area contributed by atoms with Crippen LogP contribution in [0, 0.1) is 0 Å². The van der Waals surface area contributed by atoms with Crippen molar-refractivity contribution >= 4 is 5.91 Å². The van der Waals surface area contributed by atoms with Crippen molar-refractivity contribution in [3.63, 3.8) is 0 Å². The number of likely N-dealkylation sites (tertiary alicyclic amines) is 1. The maximum Gasteiger partial charge on any atom is 0.217 e. The summed E-state index contributed by atoms with van der Waals surface area (Å²) in [5.74, 6) is -0.244. The van der Waals surface area contributed by atoms with Gasteiger partial charge in [-0.1, -0.05) is 0 Å². The summed E-state index contributed by atoms with van der Waals surface area (Å²) in [6, 6.07) is -1.02. The van der Waals surface area contributed by atoms with Crippen LogP contribution < -0.4 is 5.32 Å². The zero-order chi connectivity index (χ0) is 14.6. The Balaban J connectivity index is 2.72. The van der Waals surface area contributed by atoms with E-state index < -0.39 is 24.3 Å². The first-order valence-electron chi connectivity index (χ1n) is 6.49. The Kier molecular flexibility index (Phi) is 6.15. The average molecular weight is 275 g/mol. The molecule has 1 fully saturated rings. The molecule has 1 saturated heterocycles. The lowest BCUT2D eigenvalue weighted by molar-refractivity contribution is -0.128. The van der Waals surface area contributed by atoms with Crippen molar-refractivity contribution < 1.29 is 20.1 Å². The second-order valence-corrected chi connectivity index (χ2v) is 5.34. The molecule has 0 bridgehead atoms. The number of carbonyl (C=O) groups excluding carboxylic acids is 1. The number of amides is 1. The maximum atomic E-state index is 11.1. The number of rotatable bonds is 5. The van der Waals surface area contributed by atoms with Gasteiger partial charge < -0.3 is 25.5 Å². The summed E-state index contributed by atoms with van der Waals surface area (Å²) in [6.45, 7) is 2.99. The minimum Gasteiger partial charge on any atom is -0.395 e. The number of aliphatic hydroxyl groups excluding tert-OH is 3. The largest absolute Gasteiger partial charge is 0.395 e. The molecule has 0 saturated carbocycles. The summed E-state index contributed by atoms with van der Waals surface area (Å²) in [6.07, 6.45) is -2.13. The lowest BCUT2D eigenvalue weighted by atomic mass is 9.92. The van der Waals surface area contributed by atoms with Crippen LogP contribution in [-0.2, 0) is 4.79 Å². The molecule has 19 heavy (non-hydrogen) atoms. The number of nitrogens with zero attached hydrogens (tertiary/aromatic N) is 2. The number of nitrogens with one attached hydrogen (secondary N) is 1. The predicted molar refractivity (Wildman–Crippen MR) is 70.6 cm³/mol. The molecule has 0 aromatic rings. The molecule has 0 radical (unpaired) electrons. The van der Waals surface area contributed by atoms with Gasteiger partial charge in [0.15, 0.2) is 0 Å². The van der Waals surface area contributed by atoms with E-state index in [1.807, 2.05) is 23.9 Å². The summed E-state index contributed by atoms with van der Waals surface area (Å²) in [4.78, 5) is 15.0. The zero-order valence-corrected chi connectivity index (χ0v) is 11.8. The minimum atomic E-state index is -1.07. The van der Waals surface area contributed by atoms with Gasteiger partial charge in [0.1, 0.15) is 6.10 Å². The van der Waals surface area contributed by atoms with E-state index in [9.17, 15) is 20.1 Å². The summed E-state index contributed by atoms with van der Waals surface area (Å²) < 4.78 is 0. The highest BCUT2D eigenvalue weighted by Gasteiger charge is 2.41. The molecule has 4 atom stereocenters. The Hall–Kier alpha value is -0.730. The smallest absolute Gasteiger partial charge is 0.217 e. The van der Waals surface area contributed by atoms with Gasteiger partial charge in [0.05, 0.1) is 24.8 Å². The number of likely N-dealkylation sites (N-methyl/N-ethyl adjacent to an activating group) is 1. The fourth-order valence-corrected chi connectivity index (χ4v) is 2.38. The Morgan fingerprint density at radius 1 is 1.37 bits per heavy atom. The normalized spacial score (nSPS) is 32.6. The van der Waals surface area contributed by atoms with Crippen molar-refractivity contribution in [1.29, 1.82) is 0 Å². The molecule has 4 N–H and O–H groups in total. The van der Waals surface area contributed by atoms with Crippen LogP contribution in [0.5, 0.6) is 0 Å². The van der Waals surface area contributed by atoms with Crippen molar-refractivity contribution in [3.8, 4) is 0 Å². The summed E-state index contributed by atoms with van der Waals surface area (Å²) >= 11 is 0. The van der Waals surface area contributed by atoms with Crippen molar-refractivity contribution in [2.45, 2.75) is 31.2 Å². The lowest BCUT2D eigenvalue weighted by Gasteiger charge is -2.45. The number of hydrogen-bond donors (Lipinski definition) is 4. The second-order valence-electron chi connectivity index (χ2n) is 5.34. The fourth-order valence-electron chi connectivity index (χ4n) is 2.38. The topological polar surface area (TPSA) is 96.3 Å². The third-order valence-electron chi connectivity index (χ3n) is 3.47. The standard InChI is InChI=1S/C12H25N3O4/c1-8(17)13-9-6-15(5-4-14(2)3)10(7-16)12(19)11(9)18/h9-12,16,18-19H,4-7H2,1-3H3,(H,13,17)/t9?,10?,11?,12-/m1/s1. The highest BCUT2D eigenvalue weighted by atomic mass is 16.3. The summed E-state index contributed by atoms with van der Waals surface area (Å²) in [5.41, 5.74) is 0. The van der Waals surface area contributed by atoms with Gasteiger partial charge >= 0.3 is 0 Å². The first kappa shape index (κ1) is 16.3. The molecule has 0 aromatic heterocycles. The van der Waals surface area contributed by atoms with E-state index in [0.29, 0.717) is 13.1 Å². The first-order valence-corrected chi connectivity index (χ1v) is 6.49. The molecule has 1 aliphatic rings. The molecular formula is C12H25N3O4. The number of carbonyl (C=O) groups is 1. The van der Waals surface area contributed by atoms with E-state index in [0.717, 1.165) is 6.54 Å². The zero-order valence-electron chi connectivity index (χ0n) is 11.8. The number of piperidine rings is 1. The first-order chi connectivity index (χ1) is 8.86. The van der Waals surface area contributed by atoms with Crippen LogP contribution >= 0.6 is 0 Å². The quantitative estimate of drug-likeness (QED) is 0.441. The van der Waals surface area contributed by atoms with Gasteiger partial charge in [0, 0.05) is 26.6 Å². The van der Waals surface area contributed by atoms with Gasteiger partial charge in [0.2, 0.25) is 5.91 Å². The highest BCUT2D eigenvalue weighted by molar-refractivity contribution is 5.73. The summed E-state index contributed by atoms with van der Waals surface area (Å²) in [7, 11) is 3.88. The molecule has 0 spiro atoms. The van der Waals surface area contributed by atoms with E-state index in [1.54, 1.807) is 0 Å². The van der Waals surface area contributed by atoms with Crippen LogP contribution in [0.2, 0.25) is 0 Å². The Morgan fingerprint density at radius 2 is 2.00 bits per heavy atom. The van der Waals surface area contributed by atoms with E-state index in [2.05, 4.69) is 5.32 Å². The Bertz CT molecular complexity index is 301. The van der Waals surface area contributed by atoms with Crippen LogP contribution in [0.3, 0.4) is 0 Å². The van der Waals surface area contributed by atoms with Crippen LogP contribution in [0.1, 0.15) is 6.92 Å². The Morgan fingerprint density at radius 3 is 2.47 bits per heavy atom. The molecule has 1 rings (SSSR count). The van der Waals surface area contributed by atoms with Gasteiger partial charge in [-0.05, 0) is 14.1 Å². The molecule has 0 aliphatic carbocycles. The van der Waals surface area contributed by atoms with Crippen LogP contribution in [0.25, 0.3) is 0 Å². The van der Waals surface area contributed by atoms with Crippen LogP contribution in [0.4, 0.5) is 0 Å². The van der Waals surface area contributed by atoms with E-state index in [1.165, 1.54) is 6.92 Å². The molecule has 1 aliphatic heterocycles. The molecule has 112 valence electrons. The third kappa shape index (κ3) is 4.39. The lowest BCUT2D eigenvalue weighted by Crippen LogP contribution is -2.66. The fraction of sp³-hybridized carbons (Fsp3) is 0.917. The van der Waals surface area contributed by atoms with Gasteiger partial charge in [-0.3, -0.25) is 9.69 Å². The molecule has 7 nitrogen and oxygen atoms in total. The summed E-state index contributed by atoms with van der Waals surface area (Å²) in [5, 5.41) is 32.0. The van der Waals surface area contributed by atoms with E-state index in [-0.39, 0.29) is 12.5 Å². The van der Waals surface area contributed by atoms with Crippen molar-refractivity contribution in [1.82, 2.24) is 15.1 Å². The molecule has 1 amide bonds. The van der Waals surface area contributed by atoms with Crippen molar-refractivity contribution in [3.05, 3.63) is 0 Å². The van der Waals surface area contributed by atoms with Crippen molar-refractivity contribution in [2.75, 3.05) is 40.3 Å². The van der Waals surface area contributed by atoms with Crippen molar-refractivity contribution in [2.24, 2.45) is 0 Å². The number of aliphatic hydroxyl groups is 3. The molecule has 3 unspecified atom stereocenters. The van der Waals surface area contributed by atoms with Crippen LogP contribution in [0.15, 0.2) is 0 Å². The van der Waals surface area contributed by atoms with Gasteiger partial charge in [-0.2, -0.15) is 0 Å². The highest BCUT2D eigenvalue weighted by Crippen LogP contribution is 2.18. The van der Waals surface area contributed by atoms with Gasteiger partial charge in [-0.15, -0.1) is 0 Å². The minimum absolute atomic E-state index is 0.224. The SMILES string of the molecule is CC(=O)NC1CN(CCN(C)C)C(CO)[C@@H](O)C1O. The van der Waals surface area contributed by atoms with Gasteiger partial charge in [0.25, 0.3) is 0 Å².